The molecule has 0 bridgehead atoms. The highest BCUT2D eigenvalue weighted by atomic mass is 79.9. The number of nitrogens with one attached hydrogen (secondary N) is 1. The van der Waals surface area contributed by atoms with Gasteiger partial charge in [0.2, 0.25) is 0 Å². The molecule has 1 aromatic rings. The second-order valence-corrected chi connectivity index (χ2v) is 4.81. The molecule has 0 aliphatic rings. The molecule has 5 heteroatoms. The molecule has 0 amide bonds. The molecule has 0 saturated carbocycles. The van der Waals surface area contributed by atoms with Gasteiger partial charge in [-0.25, -0.2) is 0 Å². The topological polar surface area (TPSA) is 55.2 Å². The van der Waals surface area contributed by atoms with Crippen molar-refractivity contribution < 1.29 is 4.92 Å². The van der Waals surface area contributed by atoms with Crippen LogP contribution in [0, 0.1) is 10.1 Å². The quantitative estimate of drug-likeness (QED) is 0.648. The summed E-state index contributed by atoms with van der Waals surface area (Å²) in [5, 5.41) is 14.3. The Morgan fingerprint density at radius 2 is 2.18 bits per heavy atom. The third kappa shape index (κ3) is 4.09. The molecule has 0 aliphatic heterocycles. The van der Waals surface area contributed by atoms with Gasteiger partial charge in [-0.3, -0.25) is 10.1 Å². The van der Waals surface area contributed by atoms with E-state index in [4.69, 9.17) is 0 Å². The van der Waals surface area contributed by atoms with E-state index >= 15 is 0 Å². The van der Waals surface area contributed by atoms with Crippen LogP contribution in [-0.4, -0.2) is 17.5 Å². The zero-order valence-corrected chi connectivity index (χ0v) is 11.7. The molecule has 0 aliphatic carbocycles. The first kappa shape index (κ1) is 14.1. The van der Waals surface area contributed by atoms with E-state index in [9.17, 15) is 10.1 Å². The van der Waals surface area contributed by atoms with Gasteiger partial charge in [0.25, 0.3) is 5.69 Å². The molecule has 0 fully saturated rings. The lowest BCUT2D eigenvalue weighted by Gasteiger charge is -2.15. The summed E-state index contributed by atoms with van der Waals surface area (Å²) in [6.45, 7) is 5.00. The van der Waals surface area contributed by atoms with E-state index in [0.717, 1.165) is 23.0 Å². The molecule has 0 radical (unpaired) electrons. The van der Waals surface area contributed by atoms with Crippen molar-refractivity contribution in [2.75, 3.05) is 6.54 Å². The van der Waals surface area contributed by atoms with Crippen molar-refractivity contribution in [2.24, 2.45) is 0 Å². The summed E-state index contributed by atoms with van der Waals surface area (Å²) in [5.74, 6) is 0. The van der Waals surface area contributed by atoms with Crippen LogP contribution in [0.5, 0.6) is 0 Å². The first-order valence-corrected chi connectivity index (χ1v) is 6.54. The Morgan fingerprint density at radius 3 is 2.71 bits per heavy atom. The van der Waals surface area contributed by atoms with Crippen LogP contribution < -0.4 is 5.32 Å². The monoisotopic (exact) mass is 300 g/mol. The summed E-state index contributed by atoms with van der Waals surface area (Å²) < 4.78 is 0.740. The zero-order valence-electron chi connectivity index (χ0n) is 10.1. The highest BCUT2D eigenvalue weighted by Crippen LogP contribution is 2.25. The molecule has 1 aromatic carbocycles. The van der Waals surface area contributed by atoms with Gasteiger partial charge in [0.1, 0.15) is 0 Å². The van der Waals surface area contributed by atoms with Crippen LogP contribution in [0.15, 0.2) is 22.7 Å². The van der Waals surface area contributed by atoms with Crippen molar-refractivity contribution in [3.63, 3.8) is 0 Å². The number of nitro groups is 1. The first-order valence-electron chi connectivity index (χ1n) is 5.74. The second-order valence-electron chi connectivity index (χ2n) is 3.90. The number of nitro benzene ring substituents is 1. The van der Waals surface area contributed by atoms with Gasteiger partial charge in [0, 0.05) is 22.1 Å². The summed E-state index contributed by atoms with van der Waals surface area (Å²) in [5.41, 5.74) is 0.974. The van der Waals surface area contributed by atoms with E-state index in [1.54, 1.807) is 6.07 Å². The van der Waals surface area contributed by atoms with Crippen LogP contribution in [0.2, 0.25) is 0 Å². The lowest BCUT2D eigenvalue weighted by molar-refractivity contribution is -0.385. The van der Waals surface area contributed by atoms with Crippen molar-refractivity contribution in [3.8, 4) is 0 Å². The highest BCUT2D eigenvalue weighted by molar-refractivity contribution is 9.10. The van der Waals surface area contributed by atoms with Gasteiger partial charge in [-0.15, -0.1) is 0 Å². The Labute approximate surface area is 110 Å². The lowest BCUT2D eigenvalue weighted by Crippen LogP contribution is -2.30. The van der Waals surface area contributed by atoms with Crippen molar-refractivity contribution in [2.45, 2.75) is 32.7 Å². The van der Waals surface area contributed by atoms with Crippen LogP contribution in [0.1, 0.15) is 25.8 Å². The average molecular weight is 301 g/mol. The maximum atomic E-state index is 11.0. The van der Waals surface area contributed by atoms with Crippen molar-refractivity contribution >= 4 is 21.6 Å². The Kier molecular flexibility index (Phi) is 5.58. The van der Waals surface area contributed by atoms with Gasteiger partial charge in [-0.1, -0.05) is 35.8 Å². The number of benzene rings is 1. The Hall–Kier alpha value is -0.940. The third-order valence-corrected chi connectivity index (χ3v) is 3.19. The normalized spacial score (nSPS) is 12.4. The summed E-state index contributed by atoms with van der Waals surface area (Å²) in [7, 11) is 0. The summed E-state index contributed by atoms with van der Waals surface area (Å²) in [6.07, 6.45) is 1.65. The molecular weight excluding hydrogens is 284 g/mol. The van der Waals surface area contributed by atoms with E-state index in [0.29, 0.717) is 12.5 Å². The number of hydrogen-bond donors (Lipinski definition) is 1. The molecule has 0 saturated heterocycles. The van der Waals surface area contributed by atoms with E-state index in [-0.39, 0.29) is 10.6 Å². The molecule has 1 unspecified atom stereocenters. The molecule has 1 rings (SSSR count). The van der Waals surface area contributed by atoms with E-state index in [1.165, 1.54) is 0 Å². The highest BCUT2D eigenvalue weighted by Gasteiger charge is 2.17. The van der Waals surface area contributed by atoms with Gasteiger partial charge >= 0.3 is 0 Å². The number of likely N-dealkylation sites (N-methyl/N-ethyl adjacent to an activating group) is 1. The fourth-order valence-corrected chi connectivity index (χ4v) is 2.14. The van der Waals surface area contributed by atoms with Crippen molar-refractivity contribution in [1.29, 1.82) is 0 Å². The van der Waals surface area contributed by atoms with Gasteiger partial charge in [-0.05, 0) is 25.5 Å². The molecule has 1 N–H and O–H groups in total. The Bertz CT molecular complexity index is 396. The van der Waals surface area contributed by atoms with Gasteiger partial charge in [-0.2, -0.15) is 0 Å². The Balaban J connectivity index is 2.92. The van der Waals surface area contributed by atoms with Crippen molar-refractivity contribution in [3.05, 3.63) is 38.3 Å². The fraction of sp³-hybridized carbons (Fsp3) is 0.500. The number of halogens is 1. The van der Waals surface area contributed by atoms with Gasteiger partial charge in [0.15, 0.2) is 0 Å². The molecule has 1 atom stereocenters. The minimum Gasteiger partial charge on any atom is -0.314 e. The van der Waals surface area contributed by atoms with Gasteiger partial charge in [0.05, 0.1) is 4.92 Å². The molecule has 4 nitrogen and oxygen atoms in total. The van der Waals surface area contributed by atoms with Crippen LogP contribution in [0.25, 0.3) is 0 Å². The number of nitrogens with zero attached hydrogens (tertiary/aromatic N) is 1. The lowest BCUT2D eigenvalue weighted by atomic mass is 10.0. The second kappa shape index (κ2) is 6.71. The van der Waals surface area contributed by atoms with Crippen LogP contribution in [0.3, 0.4) is 0 Å². The first-order chi connectivity index (χ1) is 8.08. The minimum atomic E-state index is -0.321. The smallest absolute Gasteiger partial charge is 0.273 e. The third-order valence-electron chi connectivity index (χ3n) is 2.70. The Morgan fingerprint density at radius 1 is 1.47 bits per heavy atom. The van der Waals surface area contributed by atoms with E-state index in [1.807, 2.05) is 19.1 Å². The molecule has 94 valence electrons. The summed E-state index contributed by atoms with van der Waals surface area (Å²) >= 11 is 3.26. The predicted molar refractivity (Wildman–Crippen MR) is 72.3 cm³/mol. The van der Waals surface area contributed by atoms with Crippen LogP contribution in [0.4, 0.5) is 5.69 Å². The predicted octanol–water partition coefficient (Wildman–Crippen LogP) is 3.29. The zero-order chi connectivity index (χ0) is 12.8. The maximum absolute atomic E-state index is 11.0. The van der Waals surface area contributed by atoms with E-state index < -0.39 is 0 Å². The molecule has 0 aromatic heterocycles. The van der Waals surface area contributed by atoms with Gasteiger partial charge < -0.3 is 5.32 Å². The maximum Gasteiger partial charge on any atom is 0.273 e. The van der Waals surface area contributed by atoms with Crippen molar-refractivity contribution in [1.82, 2.24) is 5.32 Å². The minimum absolute atomic E-state index is 0.190. The van der Waals surface area contributed by atoms with E-state index in [2.05, 4.69) is 28.2 Å². The largest absolute Gasteiger partial charge is 0.314 e. The number of rotatable bonds is 6. The standard InChI is InChI=1S/C12H17BrN2O2/c1-3-11(14-4-2)7-9-5-6-10(13)8-12(9)15(16)17/h5-6,8,11,14H,3-4,7H2,1-2H3. The summed E-state index contributed by atoms with van der Waals surface area (Å²) in [6, 6.07) is 5.52. The molecule has 17 heavy (non-hydrogen) atoms. The van der Waals surface area contributed by atoms with Crippen LogP contribution in [-0.2, 0) is 6.42 Å². The average Bonchev–Trinajstić information content (AvgIpc) is 2.30. The van der Waals surface area contributed by atoms with Crippen LogP contribution >= 0.6 is 15.9 Å². The SMILES string of the molecule is CCNC(CC)Cc1ccc(Br)cc1[N+](=O)[O-]. The molecule has 0 heterocycles. The summed E-state index contributed by atoms with van der Waals surface area (Å²) in [4.78, 5) is 10.6. The fourth-order valence-electron chi connectivity index (χ4n) is 1.79. The number of hydrogen-bond acceptors (Lipinski definition) is 3. The molecule has 0 spiro atoms. The molecular formula is C12H17BrN2O2.